The standard InChI is InChI=1S/C23H29N5O4S/c1-13-17-15(28(19(13)29)21-25-14-7-5-10-24-18(14)33-21)9-12-27(17)20(30)16-8-6-11-26(16)22(31)32-23(2,3)4/h5,7,10,13,15-17H,6,8-9,11-12H2,1-4H3/t13-,15-,16-,17+/m0/s1. The van der Waals surface area contributed by atoms with Gasteiger partial charge in [-0.25, -0.2) is 14.8 Å². The van der Waals surface area contributed by atoms with Gasteiger partial charge in [-0.3, -0.25) is 19.4 Å². The van der Waals surface area contributed by atoms with E-state index in [0.717, 1.165) is 16.8 Å². The summed E-state index contributed by atoms with van der Waals surface area (Å²) in [4.78, 5) is 54.6. The molecule has 4 atom stereocenters. The molecule has 3 fully saturated rings. The molecule has 5 rings (SSSR count). The number of ether oxygens (including phenoxy) is 1. The monoisotopic (exact) mass is 471 g/mol. The van der Waals surface area contributed by atoms with Gasteiger partial charge in [-0.05, 0) is 52.2 Å². The first-order valence-electron chi connectivity index (χ1n) is 11.5. The van der Waals surface area contributed by atoms with E-state index in [4.69, 9.17) is 4.74 Å². The van der Waals surface area contributed by atoms with Crippen molar-refractivity contribution in [3.63, 3.8) is 0 Å². The van der Waals surface area contributed by atoms with E-state index in [1.165, 1.54) is 11.3 Å². The number of thiazole rings is 1. The van der Waals surface area contributed by atoms with Crippen molar-refractivity contribution in [2.45, 2.75) is 70.7 Å². The molecule has 0 aliphatic carbocycles. The van der Waals surface area contributed by atoms with E-state index in [9.17, 15) is 14.4 Å². The highest BCUT2D eigenvalue weighted by Gasteiger charge is 2.55. The summed E-state index contributed by atoms with van der Waals surface area (Å²) in [6.07, 6.45) is 3.33. The summed E-state index contributed by atoms with van der Waals surface area (Å²) in [5.74, 6) is -0.437. The van der Waals surface area contributed by atoms with Crippen LogP contribution in [0.3, 0.4) is 0 Å². The predicted octanol–water partition coefficient (Wildman–Crippen LogP) is 3.04. The van der Waals surface area contributed by atoms with Gasteiger partial charge < -0.3 is 9.64 Å². The van der Waals surface area contributed by atoms with Crippen LogP contribution >= 0.6 is 11.3 Å². The van der Waals surface area contributed by atoms with Crippen LogP contribution in [0.5, 0.6) is 0 Å². The molecule has 0 bridgehead atoms. The molecule has 3 aliphatic heterocycles. The van der Waals surface area contributed by atoms with Crippen molar-refractivity contribution in [1.82, 2.24) is 19.8 Å². The van der Waals surface area contributed by atoms with Gasteiger partial charge in [0.05, 0.1) is 18.0 Å². The molecule has 10 heteroatoms. The van der Waals surface area contributed by atoms with Gasteiger partial charge in [-0.15, -0.1) is 0 Å². The van der Waals surface area contributed by atoms with Gasteiger partial charge in [0.15, 0.2) is 5.13 Å². The first-order valence-corrected chi connectivity index (χ1v) is 12.3. The van der Waals surface area contributed by atoms with Crippen molar-refractivity contribution < 1.29 is 19.1 Å². The molecular weight excluding hydrogens is 442 g/mol. The highest BCUT2D eigenvalue weighted by molar-refractivity contribution is 7.22. The number of hydrogen-bond donors (Lipinski definition) is 0. The second-order valence-electron chi connectivity index (χ2n) is 10.0. The van der Waals surface area contributed by atoms with E-state index >= 15 is 0 Å². The molecule has 0 spiro atoms. The lowest BCUT2D eigenvalue weighted by Crippen LogP contribution is -2.52. The quantitative estimate of drug-likeness (QED) is 0.668. The predicted molar refractivity (Wildman–Crippen MR) is 124 cm³/mol. The Kier molecular flexibility index (Phi) is 5.30. The summed E-state index contributed by atoms with van der Waals surface area (Å²) < 4.78 is 5.53. The van der Waals surface area contributed by atoms with Crippen LogP contribution in [0.4, 0.5) is 9.93 Å². The molecule has 0 saturated carbocycles. The van der Waals surface area contributed by atoms with Gasteiger partial charge in [0.25, 0.3) is 0 Å². The summed E-state index contributed by atoms with van der Waals surface area (Å²) in [6, 6.07) is 2.83. The highest BCUT2D eigenvalue weighted by Crippen LogP contribution is 2.42. The largest absolute Gasteiger partial charge is 0.444 e. The maximum Gasteiger partial charge on any atom is 0.410 e. The molecule has 3 aliphatic rings. The van der Waals surface area contributed by atoms with E-state index in [2.05, 4.69) is 9.97 Å². The van der Waals surface area contributed by atoms with Crippen molar-refractivity contribution in [3.8, 4) is 0 Å². The van der Waals surface area contributed by atoms with E-state index in [0.29, 0.717) is 31.1 Å². The molecule has 176 valence electrons. The number of aromatic nitrogens is 2. The lowest BCUT2D eigenvalue weighted by molar-refractivity contribution is -0.137. The molecule has 0 N–H and O–H groups in total. The SMILES string of the molecule is C[C@@H]1C(=O)N(c2nc3cccnc3s2)[C@H]2CCN(C(=O)[C@@H]3CCCN3C(=O)OC(C)(C)C)[C@H]12. The minimum absolute atomic E-state index is 0.0167. The first-order chi connectivity index (χ1) is 15.7. The number of amides is 3. The molecule has 33 heavy (non-hydrogen) atoms. The summed E-state index contributed by atoms with van der Waals surface area (Å²) in [5, 5.41) is 0.638. The maximum absolute atomic E-state index is 13.6. The Hall–Kier alpha value is -2.75. The van der Waals surface area contributed by atoms with Crippen molar-refractivity contribution in [1.29, 1.82) is 0 Å². The zero-order valence-electron chi connectivity index (χ0n) is 19.4. The first kappa shape index (κ1) is 22.1. The van der Waals surface area contributed by atoms with Gasteiger partial charge in [-0.2, -0.15) is 0 Å². The van der Waals surface area contributed by atoms with Crippen LogP contribution in [-0.2, 0) is 14.3 Å². The number of rotatable bonds is 2. The number of fused-ring (bicyclic) bond motifs is 2. The number of anilines is 1. The van der Waals surface area contributed by atoms with Crippen LogP contribution in [0.2, 0.25) is 0 Å². The number of hydrogen-bond acceptors (Lipinski definition) is 7. The van der Waals surface area contributed by atoms with Crippen molar-refractivity contribution in [2.24, 2.45) is 5.92 Å². The fourth-order valence-corrected chi connectivity index (χ4v) is 6.29. The Bertz CT molecular complexity index is 1080. The average molecular weight is 472 g/mol. The third-order valence-corrected chi connectivity index (χ3v) is 7.68. The van der Waals surface area contributed by atoms with Crippen LogP contribution in [0.1, 0.15) is 47.0 Å². The van der Waals surface area contributed by atoms with E-state index < -0.39 is 17.7 Å². The highest BCUT2D eigenvalue weighted by atomic mass is 32.1. The van der Waals surface area contributed by atoms with Crippen LogP contribution < -0.4 is 4.90 Å². The van der Waals surface area contributed by atoms with Crippen LogP contribution in [0.15, 0.2) is 18.3 Å². The molecule has 0 unspecified atom stereocenters. The lowest BCUT2D eigenvalue weighted by Gasteiger charge is -2.33. The minimum Gasteiger partial charge on any atom is -0.444 e. The molecule has 2 aromatic rings. The Balaban J connectivity index is 1.37. The van der Waals surface area contributed by atoms with Gasteiger partial charge in [0, 0.05) is 19.3 Å². The van der Waals surface area contributed by atoms with E-state index in [1.807, 2.05) is 44.7 Å². The zero-order valence-corrected chi connectivity index (χ0v) is 20.2. The molecular formula is C23H29N5O4S. The fraction of sp³-hybridized carbons (Fsp3) is 0.609. The molecule has 0 radical (unpaired) electrons. The third-order valence-electron chi connectivity index (χ3n) is 6.70. The minimum atomic E-state index is -0.620. The number of carbonyl (C=O) groups excluding carboxylic acids is 3. The van der Waals surface area contributed by atoms with Crippen molar-refractivity contribution in [2.75, 3.05) is 18.0 Å². The van der Waals surface area contributed by atoms with Crippen molar-refractivity contribution in [3.05, 3.63) is 18.3 Å². The smallest absolute Gasteiger partial charge is 0.410 e. The van der Waals surface area contributed by atoms with Crippen LogP contribution in [-0.4, -0.2) is 74.5 Å². The van der Waals surface area contributed by atoms with E-state index in [-0.39, 0.29) is 29.8 Å². The zero-order chi connectivity index (χ0) is 23.5. The maximum atomic E-state index is 13.6. The Morgan fingerprint density at radius 3 is 2.70 bits per heavy atom. The lowest BCUT2D eigenvalue weighted by atomic mass is 10.0. The molecule has 3 amide bonds. The van der Waals surface area contributed by atoms with Gasteiger partial charge in [0.2, 0.25) is 11.8 Å². The van der Waals surface area contributed by atoms with Crippen molar-refractivity contribution >= 4 is 44.7 Å². The summed E-state index contributed by atoms with van der Waals surface area (Å²) >= 11 is 1.40. The van der Waals surface area contributed by atoms with Gasteiger partial charge in [0.1, 0.15) is 22.0 Å². The number of nitrogens with zero attached hydrogens (tertiary/aromatic N) is 5. The second kappa shape index (κ2) is 7.93. The summed E-state index contributed by atoms with van der Waals surface area (Å²) in [7, 11) is 0. The summed E-state index contributed by atoms with van der Waals surface area (Å²) in [5.41, 5.74) is 0.150. The topological polar surface area (TPSA) is 95.9 Å². The van der Waals surface area contributed by atoms with Crippen LogP contribution in [0.25, 0.3) is 10.3 Å². The number of likely N-dealkylation sites (tertiary alicyclic amines) is 2. The normalized spacial score (nSPS) is 27.5. The number of pyridine rings is 1. The molecule has 2 aromatic heterocycles. The van der Waals surface area contributed by atoms with Gasteiger partial charge in [-0.1, -0.05) is 18.3 Å². The van der Waals surface area contributed by atoms with Gasteiger partial charge >= 0.3 is 6.09 Å². The summed E-state index contributed by atoms with van der Waals surface area (Å²) in [6.45, 7) is 8.41. The average Bonchev–Trinajstić information content (AvgIpc) is 3.51. The Labute approximate surface area is 196 Å². The second-order valence-corrected chi connectivity index (χ2v) is 11.0. The fourth-order valence-electron chi connectivity index (χ4n) is 5.32. The molecule has 5 heterocycles. The van der Waals surface area contributed by atoms with E-state index in [1.54, 1.807) is 16.0 Å². The number of carbonyl (C=O) groups is 3. The molecule has 9 nitrogen and oxygen atoms in total. The Morgan fingerprint density at radius 1 is 1.18 bits per heavy atom. The van der Waals surface area contributed by atoms with Crippen LogP contribution in [0, 0.1) is 5.92 Å². The molecule has 3 saturated heterocycles. The third kappa shape index (κ3) is 3.74. The molecule has 0 aromatic carbocycles. The Morgan fingerprint density at radius 2 is 1.97 bits per heavy atom.